The predicted octanol–water partition coefficient (Wildman–Crippen LogP) is 1.90. The molecular weight excluding hydrogens is 296 g/mol. The number of hydrogen-bond donors (Lipinski definition) is 1. The lowest BCUT2D eigenvalue weighted by molar-refractivity contribution is 0.100. The van der Waals surface area contributed by atoms with E-state index in [1.165, 1.54) is 11.3 Å². The van der Waals surface area contributed by atoms with E-state index < -0.39 is 5.91 Å². The number of nitrogens with zero attached hydrogens (tertiary/aromatic N) is 1. The molecule has 0 saturated carbocycles. The standard InChI is InChI=1S/C5H4Br2N2OS/c6-1-2-3(4(8)10)11-5(7)9-2/h1H2,(H2,8,10). The highest BCUT2D eigenvalue weighted by Crippen LogP contribution is 2.24. The fourth-order valence-corrected chi connectivity index (χ4v) is 2.56. The van der Waals surface area contributed by atoms with Crippen LogP contribution in [0.3, 0.4) is 0 Å². The van der Waals surface area contributed by atoms with Crippen LogP contribution in [0.15, 0.2) is 3.92 Å². The van der Waals surface area contributed by atoms with Gasteiger partial charge in [-0.1, -0.05) is 15.9 Å². The van der Waals surface area contributed by atoms with Gasteiger partial charge in [0.2, 0.25) is 0 Å². The normalized spacial score (nSPS) is 10.0. The minimum absolute atomic E-state index is 0.428. The van der Waals surface area contributed by atoms with Crippen LogP contribution in [0, 0.1) is 0 Å². The molecule has 3 nitrogen and oxygen atoms in total. The van der Waals surface area contributed by atoms with Crippen LogP contribution in [0.5, 0.6) is 0 Å². The van der Waals surface area contributed by atoms with Crippen LogP contribution in [0.4, 0.5) is 0 Å². The SMILES string of the molecule is NC(=O)c1sc(Br)nc1CBr. The summed E-state index contributed by atoms with van der Waals surface area (Å²) in [7, 11) is 0. The van der Waals surface area contributed by atoms with E-state index in [2.05, 4.69) is 36.8 Å². The molecule has 60 valence electrons. The third kappa shape index (κ3) is 2.00. The topological polar surface area (TPSA) is 56.0 Å². The van der Waals surface area contributed by atoms with Gasteiger partial charge < -0.3 is 5.73 Å². The molecule has 0 fully saturated rings. The second-order valence-electron chi connectivity index (χ2n) is 1.74. The van der Waals surface area contributed by atoms with Gasteiger partial charge in [0.05, 0.1) is 5.69 Å². The van der Waals surface area contributed by atoms with Crippen LogP contribution in [-0.2, 0) is 5.33 Å². The third-order valence-corrected chi connectivity index (χ3v) is 3.12. The molecule has 0 aromatic carbocycles. The average molecular weight is 300 g/mol. The maximum Gasteiger partial charge on any atom is 0.260 e. The van der Waals surface area contributed by atoms with E-state index in [0.717, 1.165) is 0 Å². The number of rotatable bonds is 2. The first-order valence-electron chi connectivity index (χ1n) is 2.66. The highest BCUT2D eigenvalue weighted by molar-refractivity contribution is 9.11. The van der Waals surface area contributed by atoms with Gasteiger partial charge in [-0.25, -0.2) is 4.98 Å². The molecule has 0 aliphatic rings. The van der Waals surface area contributed by atoms with Crippen molar-refractivity contribution in [2.45, 2.75) is 5.33 Å². The average Bonchev–Trinajstić information content (AvgIpc) is 2.30. The summed E-state index contributed by atoms with van der Waals surface area (Å²) in [6.07, 6.45) is 0. The number of halogens is 2. The number of carbonyl (C=O) groups is 1. The number of primary amides is 1. The minimum Gasteiger partial charge on any atom is -0.365 e. The molecule has 1 amide bonds. The Hall–Kier alpha value is 0.0600. The molecule has 1 aromatic heterocycles. The number of aromatic nitrogens is 1. The fourth-order valence-electron chi connectivity index (χ4n) is 0.606. The van der Waals surface area contributed by atoms with E-state index in [1.807, 2.05) is 0 Å². The van der Waals surface area contributed by atoms with Gasteiger partial charge in [-0.2, -0.15) is 0 Å². The van der Waals surface area contributed by atoms with E-state index in [4.69, 9.17) is 5.73 Å². The maximum atomic E-state index is 10.7. The summed E-state index contributed by atoms with van der Waals surface area (Å²) in [6.45, 7) is 0. The summed E-state index contributed by atoms with van der Waals surface area (Å²) in [5, 5.41) is 0.549. The summed E-state index contributed by atoms with van der Waals surface area (Å²) in [4.78, 5) is 15.3. The summed E-state index contributed by atoms with van der Waals surface area (Å²) in [5.74, 6) is -0.428. The Kier molecular flexibility index (Phi) is 3.03. The van der Waals surface area contributed by atoms with Crippen molar-refractivity contribution in [3.05, 3.63) is 14.5 Å². The highest BCUT2D eigenvalue weighted by atomic mass is 79.9. The van der Waals surface area contributed by atoms with Gasteiger partial charge in [0.15, 0.2) is 3.92 Å². The van der Waals surface area contributed by atoms with Gasteiger partial charge in [-0.3, -0.25) is 4.79 Å². The van der Waals surface area contributed by atoms with Crippen LogP contribution in [0.2, 0.25) is 0 Å². The molecule has 0 aliphatic heterocycles. The van der Waals surface area contributed by atoms with Crippen LogP contribution in [-0.4, -0.2) is 10.9 Å². The van der Waals surface area contributed by atoms with Crippen molar-refractivity contribution >= 4 is 49.1 Å². The Labute approximate surface area is 84.3 Å². The minimum atomic E-state index is -0.428. The molecule has 1 rings (SSSR count). The molecule has 0 saturated heterocycles. The zero-order valence-electron chi connectivity index (χ0n) is 5.30. The third-order valence-electron chi connectivity index (χ3n) is 1.02. The number of amides is 1. The summed E-state index contributed by atoms with van der Waals surface area (Å²) in [5.41, 5.74) is 5.78. The Balaban J connectivity index is 3.12. The van der Waals surface area contributed by atoms with E-state index in [-0.39, 0.29) is 0 Å². The number of nitrogens with two attached hydrogens (primary N) is 1. The first kappa shape index (κ1) is 9.15. The molecule has 6 heteroatoms. The first-order chi connectivity index (χ1) is 5.15. The van der Waals surface area contributed by atoms with Gasteiger partial charge in [-0.15, -0.1) is 11.3 Å². The Morgan fingerprint density at radius 3 is 2.73 bits per heavy atom. The van der Waals surface area contributed by atoms with E-state index in [0.29, 0.717) is 19.8 Å². The van der Waals surface area contributed by atoms with Gasteiger partial charge >= 0.3 is 0 Å². The highest BCUT2D eigenvalue weighted by Gasteiger charge is 2.12. The molecule has 0 bridgehead atoms. The molecule has 0 aliphatic carbocycles. The van der Waals surface area contributed by atoms with Gasteiger partial charge in [0, 0.05) is 5.33 Å². The molecule has 1 heterocycles. The second kappa shape index (κ2) is 3.64. The van der Waals surface area contributed by atoms with Gasteiger partial charge in [0.1, 0.15) is 4.88 Å². The van der Waals surface area contributed by atoms with Crippen molar-refractivity contribution in [3.63, 3.8) is 0 Å². The molecule has 0 spiro atoms. The van der Waals surface area contributed by atoms with Crippen molar-refractivity contribution in [3.8, 4) is 0 Å². The Morgan fingerprint density at radius 2 is 2.36 bits per heavy atom. The van der Waals surface area contributed by atoms with Gasteiger partial charge in [-0.05, 0) is 15.9 Å². The smallest absolute Gasteiger partial charge is 0.260 e. The molecular formula is C5H4Br2N2OS. The van der Waals surface area contributed by atoms with Crippen LogP contribution >= 0.6 is 43.2 Å². The molecule has 0 radical (unpaired) electrons. The summed E-state index contributed by atoms with van der Waals surface area (Å²) >= 11 is 7.62. The molecule has 11 heavy (non-hydrogen) atoms. The first-order valence-corrected chi connectivity index (χ1v) is 5.39. The molecule has 0 unspecified atom stereocenters. The summed E-state index contributed by atoms with van der Waals surface area (Å²) < 4.78 is 0.681. The number of alkyl halides is 1. The predicted molar refractivity (Wildman–Crippen MR) is 51.0 cm³/mol. The maximum absolute atomic E-state index is 10.7. The summed E-state index contributed by atoms with van der Waals surface area (Å²) in [6, 6.07) is 0. The Morgan fingerprint density at radius 1 is 1.73 bits per heavy atom. The zero-order chi connectivity index (χ0) is 8.43. The van der Waals surface area contributed by atoms with Crippen molar-refractivity contribution in [2.75, 3.05) is 0 Å². The van der Waals surface area contributed by atoms with E-state index in [9.17, 15) is 4.79 Å². The lowest BCUT2D eigenvalue weighted by Gasteiger charge is -1.89. The van der Waals surface area contributed by atoms with Crippen molar-refractivity contribution in [1.82, 2.24) is 4.98 Å². The second-order valence-corrected chi connectivity index (χ2v) is 4.58. The number of carbonyl (C=O) groups excluding carboxylic acids is 1. The van der Waals surface area contributed by atoms with Crippen molar-refractivity contribution in [2.24, 2.45) is 5.73 Å². The lowest BCUT2D eigenvalue weighted by atomic mass is 10.4. The largest absolute Gasteiger partial charge is 0.365 e. The molecule has 0 atom stereocenters. The van der Waals surface area contributed by atoms with E-state index >= 15 is 0 Å². The zero-order valence-corrected chi connectivity index (χ0v) is 9.29. The monoisotopic (exact) mass is 298 g/mol. The number of hydrogen-bond acceptors (Lipinski definition) is 3. The lowest BCUT2D eigenvalue weighted by Crippen LogP contribution is -2.10. The van der Waals surface area contributed by atoms with Gasteiger partial charge in [0.25, 0.3) is 5.91 Å². The van der Waals surface area contributed by atoms with Crippen LogP contribution in [0.25, 0.3) is 0 Å². The van der Waals surface area contributed by atoms with Crippen LogP contribution in [0.1, 0.15) is 15.4 Å². The van der Waals surface area contributed by atoms with Crippen molar-refractivity contribution in [1.29, 1.82) is 0 Å². The quantitative estimate of drug-likeness (QED) is 0.848. The fraction of sp³-hybridized carbons (Fsp3) is 0.200. The van der Waals surface area contributed by atoms with Crippen molar-refractivity contribution < 1.29 is 4.79 Å². The molecule has 2 N–H and O–H groups in total. The van der Waals surface area contributed by atoms with E-state index in [1.54, 1.807) is 0 Å². The van der Waals surface area contributed by atoms with Crippen LogP contribution < -0.4 is 5.73 Å². The molecule has 1 aromatic rings. The Bertz CT molecular complexity index is 286. The number of thiazole rings is 1.